The van der Waals surface area contributed by atoms with Crippen LogP contribution >= 0.6 is 24.0 Å². The molecule has 0 aromatic heterocycles. The van der Waals surface area contributed by atoms with Gasteiger partial charge in [-0.25, -0.2) is 0 Å². The second-order valence-electron chi connectivity index (χ2n) is 5.71. The lowest BCUT2D eigenvalue weighted by Gasteiger charge is -2.40. The largest absolute Gasteiger partial charge is 0.357 e. The van der Waals surface area contributed by atoms with Gasteiger partial charge in [-0.05, 0) is 26.2 Å². The molecule has 1 unspecified atom stereocenters. The number of guanidine groups is 1. The third kappa shape index (κ3) is 4.23. The molecule has 2 aliphatic rings. The highest BCUT2D eigenvalue weighted by molar-refractivity contribution is 14.0. The van der Waals surface area contributed by atoms with Crippen LogP contribution in [0.4, 0.5) is 0 Å². The quantitative estimate of drug-likeness (QED) is 0.434. The number of nitrogens with one attached hydrogen (secondary N) is 2. The predicted molar refractivity (Wildman–Crippen MR) is 92.6 cm³/mol. The Kier molecular flexibility index (Phi) is 7.05. The summed E-state index contributed by atoms with van der Waals surface area (Å²) in [6.07, 6.45) is 4.03. The first-order valence-electron chi connectivity index (χ1n) is 7.49. The van der Waals surface area contributed by atoms with Crippen LogP contribution in [0.15, 0.2) is 4.99 Å². The Hall–Kier alpha value is -0.530. The molecule has 5 nitrogen and oxygen atoms in total. The molecule has 1 amide bonds. The van der Waals surface area contributed by atoms with Gasteiger partial charge in [0.15, 0.2) is 5.96 Å². The fraction of sp³-hybridized carbons (Fsp3) is 0.857. The molecule has 0 aromatic carbocycles. The number of aliphatic imine (C=N–C) groups is 1. The van der Waals surface area contributed by atoms with Gasteiger partial charge < -0.3 is 15.5 Å². The van der Waals surface area contributed by atoms with Crippen LogP contribution in [0.2, 0.25) is 0 Å². The van der Waals surface area contributed by atoms with Gasteiger partial charge in [-0.2, -0.15) is 0 Å². The van der Waals surface area contributed by atoms with Crippen LogP contribution in [0.5, 0.6) is 0 Å². The van der Waals surface area contributed by atoms with Crippen molar-refractivity contribution in [3.05, 3.63) is 0 Å². The van der Waals surface area contributed by atoms with Crippen LogP contribution in [-0.2, 0) is 4.79 Å². The molecule has 0 aliphatic carbocycles. The van der Waals surface area contributed by atoms with Gasteiger partial charge in [0.25, 0.3) is 0 Å². The monoisotopic (exact) mass is 394 g/mol. The Morgan fingerprint density at radius 2 is 2.30 bits per heavy atom. The summed E-state index contributed by atoms with van der Waals surface area (Å²) >= 11 is 0. The van der Waals surface area contributed by atoms with Crippen LogP contribution in [0.3, 0.4) is 0 Å². The van der Waals surface area contributed by atoms with Crippen LogP contribution in [0, 0.1) is 5.41 Å². The molecule has 2 aliphatic heterocycles. The van der Waals surface area contributed by atoms with Gasteiger partial charge in [0.2, 0.25) is 5.91 Å². The van der Waals surface area contributed by atoms with E-state index in [1.165, 1.54) is 0 Å². The molecule has 2 N–H and O–H groups in total. The normalized spacial score (nSPS) is 26.4. The molecular formula is C14H27IN4O. The minimum absolute atomic E-state index is 0. The van der Waals surface area contributed by atoms with E-state index in [2.05, 4.69) is 34.4 Å². The first kappa shape index (κ1) is 17.5. The second-order valence-corrected chi connectivity index (χ2v) is 5.71. The van der Waals surface area contributed by atoms with Gasteiger partial charge in [0.05, 0.1) is 0 Å². The van der Waals surface area contributed by atoms with Crippen molar-refractivity contribution in [2.24, 2.45) is 10.4 Å². The summed E-state index contributed by atoms with van der Waals surface area (Å²) in [5.74, 6) is 1.22. The topological polar surface area (TPSA) is 56.7 Å². The summed E-state index contributed by atoms with van der Waals surface area (Å²) in [5.41, 5.74) is 0.137. The van der Waals surface area contributed by atoms with Crippen molar-refractivity contribution in [2.45, 2.75) is 39.5 Å². The summed E-state index contributed by atoms with van der Waals surface area (Å²) in [6.45, 7) is 8.82. The Morgan fingerprint density at radius 1 is 1.50 bits per heavy atom. The highest BCUT2D eigenvalue weighted by Crippen LogP contribution is 2.35. The van der Waals surface area contributed by atoms with Crippen LogP contribution in [-0.4, -0.2) is 49.5 Å². The predicted octanol–water partition coefficient (Wildman–Crippen LogP) is 1.58. The van der Waals surface area contributed by atoms with E-state index in [1.807, 2.05) is 0 Å². The van der Waals surface area contributed by atoms with Crippen molar-refractivity contribution < 1.29 is 4.79 Å². The number of likely N-dealkylation sites (tertiary alicyclic amines) is 1. The summed E-state index contributed by atoms with van der Waals surface area (Å²) < 4.78 is 0. The van der Waals surface area contributed by atoms with Crippen molar-refractivity contribution in [1.82, 2.24) is 15.5 Å². The lowest BCUT2D eigenvalue weighted by molar-refractivity contribution is -0.119. The number of carbonyl (C=O) groups is 1. The van der Waals surface area contributed by atoms with Crippen molar-refractivity contribution in [3.63, 3.8) is 0 Å². The molecule has 2 heterocycles. The molecule has 0 radical (unpaired) electrons. The van der Waals surface area contributed by atoms with Gasteiger partial charge in [0, 0.05) is 44.6 Å². The molecule has 2 fully saturated rings. The smallest absolute Gasteiger partial charge is 0.220 e. The molecule has 2 rings (SSSR count). The SMILES string of the molecule is CCCN=C(NCC)N1CCCC2(CNC(=O)C2)C1.I. The highest BCUT2D eigenvalue weighted by Gasteiger charge is 2.42. The number of carbonyl (C=O) groups excluding carboxylic acids is 1. The van der Waals surface area contributed by atoms with E-state index in [0.717, 1.165) is 57.9 Å². The van der Waals surface area contributed by atoms with Gasteiger partial charge in [-0.15, -0.1) is 24.0 Å². The summed E-state index contributed by atoms with van der Waals surface area (Å²) in [4.78, 5) is 18.5. The fourth-order valence-electron chi connectivity index (χ4n) is 3.07. The molecule has 6 heteroatoms. The number of nitrogens with zero attached hydrogens (tertiary/aromatic N) is 2. The molecule has 1 spiro atoms. The van der Waals surface area contributed by atoms with Crippen LogP contribution in [0.25, 0.3) is 0 Å². The zero-order valence-corrected chi connectivity index (χ0v) is 14.9. The Bertz CT molecular complexity index is 361. The lowest BCUT2D eigenvalue weighted by Crippen LogP contribution is -2.51. The first-order valence-corrected chi connectivity index (χ1v) is 7.49. The molecule has 2 saturated heterocycles. The number of hydrogen-bond donors (Lipinski definition) is 2. The zero-order valence-electron chi connectivity index (χ0n) is 12.6. The van der Waals surface area contributed by atoms with E-state index in [-0.39, 0.29) is 35.3 Å². The maximum Gasteiger partial charge on any atom is 0.220 e. The van der Waals surface area contributed by atoms with Crippen LogP contribution in [0.1, 0.15) is 39.5 Å². The molecule has 0 aromatic rings. The summed E-state index contributed by atoms with van der Waals surface area (Å²) in [5, 5.41) is 6.36. The molecule has 20 heavy (non-hydrogen) atoms. The van der Waals surface area contributed by atoms with Crippen molar-refractivity contribution in [1.29, 1.82) is 0 Å². The average molecular weight is 394 g/mol. The van der Waals surface area contributed by atoms with E-state index >= 15 is 0 Å². The van der Waals surface area contributed by atoms with E-state index in [4.69, 9.17) is 0 Å². The first-order chi connectivity index (χ1) is 9.19. The number of piperidine rings is 1. The van der Waals surface area contributed by atoms with Crippen molar-refractivity contribution in [3.8, 4) is 0 Å². The standard InChI is InChI=1S/C14H26N4O.HI/c1-3-7-16-13(15-4-2)18-8-5-6-14(11-18)9-12(19)17-10-14;/h3-11H2,1-2H3,(H,15,16)(H,17,19);1H. The van der Waals surface area contributed by atoms with E-state index in [1.54, 1.807) is 0 Å². The Labute approximate surface area is 139 Å². The van der Waals surface area contributed by atoms with E-state index in [0.29, 0.717) is 6.42 Å². The summed E-state index contributed by atoms with van der Waals surface area (Å²) in [6, 6.07) is 0. The second kappa shape index (κ2) is 8.05. The molecular weight excluding hydrogens is 367 g/mol. The van der Waals surface area contributed by atoms with Crippen molar-refractivity contribution >= 4 is 35.8 Å². The Morgan fingerprint density at radius 3 is 2.90 bits per heavy atom. The van der Waals surface area contributed by atoms with Gasteiger partial charge in [0.1, 0.15) is 0 Å². The van der Waals surface area contributed by atoms with Gasteiger partial charge in [-0.1, -0.05) is 6.92 Å². The van der Waals surface area contributed by atoms with Crippen LogP contribution < -0.4 is 10.6 Å². The number of halogens is 1. The zero-order chi connectivity index (χ0) is 13.7. The average Bonchev–Trinajstić information content (AvgIpc) is 2.75. The Balaban J connectivity index is 0.00000200. The molecule has 1 atom stereocenters. The number of amides is 1. The van der Waals surface area contributed by atoms with Gasteiger partial charge in [-0.3, -0.25) is 9.79 Å². The molecule has 0 bridgehead atoms. The maximum absolute atomic E-state index is 11.5. The fourth-order valence-corrected chi connectivity index (χ4v) is 3.07. The molecule has 0 saturated carbocycles. The third-order valence-corrected chi connectivity index (χ3v) is 3.98. The highest BCUT2D eigenvalue weighted by atomic mass is 127. The number of rotatable bonds is 3. The number of hydrogen-bond acceptors (Lipinski definition) is 2. The minimum atomic E-state index is 0. The van der Waals surface area contributed by atoms with E-state index in [9.17, 15) is 4.79 Å². The lowest BCUT2D eigenvalue weighted by atomic mass is 9.79. The van der Waals surface area contributed by atoms with Gasteiger partial charge >= 0.3 is 0 Å². The summed E-state index contributed by atoms with van der Waals surface area (Å²) in [7, 11) is 0. The third-order valence-electron chi connectivity index (χ3n) is 3.98. The van der Waals surface area contributed by atoms with E-state index < -0.39 is 0 Å². The minimum Gasteiger partial charge on any atom is -0.357 e. The van der Waals surface area contributed by atoms with Crippen molar-refractivity contribution in [2.75, 3.05) is 32.7 Å². The molecule has 116 valence electrons. The maximum atomic E-state index is 11.5.